The minimum atomic E-state index is -0.979. The molecule has 5 nitrogen and oxygen atoms in total. The van der Waals surface area contributed by atoms with Crippen LogP contribution in [0, 0.1) is 5.82 Å². The van der Waals surface area contributed by atoms with E-state index in [4.69, 9.17) is 11.6 Å². The van der Waals surface area contributed by atoms with Gasteiger partial charge in [-0.2, -0.15) is 5.10 Å². The van der Waals surface area contributed by atoms with E-state index in [2.05, 4.69) is 10.4 Å². The molecule has 1 aliphatic rings. The molecule has 3 amide bonds. The lowest BCUT2D eigenvalue weighted by atomic mass is 10.00. The number of nitrogens with zero attached hydrogens (tertiary/aromatic N) is 2. The Morgan fingerprint density at radius 1 is 1.50 bits per heavy atom. The topological polar surface area (TPSA) is 61.8 Å². The second kappa shape index (κ2) is 5.20. The van der Waals surface area contributed by atoms with E-state index in [0.717, 1.165) is 6.21 Å². The van der Waals surface area contributed by atoms with Crippen molar-refractivity contribution in [2.24, 2.45) is 5.10 Å². The predicted octanol–water partition coefficient (Wildman–Crippen LogP) is 2.53. The Kier molecular flexibility index (Phi) is 3.76. The van der Waals surface area contributed by atoms with Gasteiger partial charge in [-0.25, -0.2) is 9.18 Å². The lowest BCUT2D eigenvalue weighted by molar-refractivity contribution is -0.130. The fourth-order valence-electron chi connectivity index (χ4n) is 1.76. The smallest absolute Gasteiger partial charge is 0.322 e. The zero-order chi connectivity index (χ0) is 14.9. The van der Waals surface area contributed by atoms with Crippen LogP contribution in [0.3, 0.4) is 0 Å². The van der Waals surface area contributed by atoms with Crippen LogP contribution >= 0.6 is 11.6 Å². The Labute approximate surface area is 120 Å². The van der Waals surface area contributed by atoms with Gasteiger partial charge in [0.2, 0.25) is 0 Å². The van der Waals surface area contributed by atoms with Crippen LogP contribution in [-0.2, 0) is 4.79 Å². The maximum absolute atomic E-state index is 13.6. The number of rotatable bonds is 3. The Morgan fingerprint density at radius 3 is 2.75 bits per heavy atom. The first kappa shape index (κ1) is 14.5. The minimum absolute atomic E-state index is 0.0277. The van der Waals surface area contributed by atoms with Gasteiger partial charge in [0, 0.05) is 5.56 Å². The summed E-state index contributed by atoms with van der Waals surface area (Å²) in [6.07, 6.45) is 1.50. The number of hydrogen-bond donors (Lipinski definition) is 1. The molecule has 7 heteroatoms. The first-order valence-electron chi connectivity index (χ1n) is 6.03. The molecular formula is C13H13ClFN3O2. The summed E-state index contributed by atoms with van der Waals surface area (Å²) >= 11 is 5.84. The summed E-state index contributed by atoms with van der Waals surface area (Å²) in [6.45, 7) is 3.39. The molecule has 0 spiro atoms. The average molecular weight is 298 g/mol. The van der Waals surface area contributed by atoms with Gasteiger partial charge in [-0.15, -0.1) is 5.01 Å². The van der Waals surface area contributed by atoms with Crippen LogP contribution in [0.25, 0.3) is 0 Å². The quantitative estimate of drug-likeness (QED) is 0.688. The number of carbonyl (C=O) groups excluding carboxylic acids is 2. The van der Waals surface area contributed by atoms with Crippen LogP contribution < -0.4 is 5.32 Å². The van der Waals surface area contributed by atoms with Crippen molar-refractivity contribution >= 4 is 29.8 Å². The van der Waals surface area contributed by atoms with E-state index >= 15 is 0 Å². The van der Waals surface area contributed by atoms with Crippen molar-refractivity contribution in [2.75, 3.05) is 0 Å². The molecule has 1 aliphatic heterocycles. The molecule has 1 heterocycles. The van der Waals surface area contributed by atoms with Crippen molar-refractivity contribution < 1.29 is 14.0 Å². The van der Waals surface area contributed by atoms with Gasteiger partial charge in [0.05, 0.1) is 11.2 Å². The molecule has 0 bridgehead atoms. The Bertz CT molecular complexity index is 585. The van der Waals surface area contributed by atoms with E-state index in [1.54, 1.807) is 13.8 Å². The summed E-state index contributed by atoms with van der Waals surface area (Å²) in [5.41, 5.74) is -0.951. The summed E-state index contributed by atoms with van der Waals surface area (Å²) in [4.78, 5) is 23.8. The molecule has 106 valence electrons. The summed E-state index contributed by atoms with van der Waals surface area (Å²) < 4.78 is 13.6. The molecule has 1 unspecified atom stereocenters. The van der Waals surface area contributed by atoms with Crippen molar-refractivity contribution in [3.63, 3.8) is 0 Å². The maximum Gasteiger partial charge on any atom is 0.346 e. The molecule has 0 aliphatic carbocycles. The van der Waals surface area contributed by atoms with Crippen LogP contribution in [-0.4, -0.2) is 28.7 Å². The third kappa shape index (κ3) is 2.38. The van der Waals surface area contributed by atoms with Crippen LogP contribution in [0.2, 0.25) is 5.02 Å². The molecule has 1 N–H and O–H groups in total. The van der Waals surface area contributed by atoms with Gasteiger partial charge in [0.25, 0.3) is 5.91 Å². The lowest BCUT2D eigenvalue weighted by Gasteiger charge is -2.17. The van der Waals surface area contributed by atoms with E-state index in [0.29, 0.717) is 11.4 Å². The SMILES string of the molecule is CCC1(C)NC(=O)N(/N=C/c2c(F)cccc2Cl)C1=O. The monoisotopic (exact) mass is 297 g/mol. The Hall–Kier alpha value is -1.95. The summed E-state index contributed by atoms with van der Waals surface area (Å²) in [5.74, 6) is -1.06. The van der Waals surface area contributed by atoms with Crippen LogP contribution in [0.15, 0.2) is 23.3 Å². The van der Waals surface area contributed by atoms with Crippen molar-refractivity contribution in [1.82, 2.24) is 10.3 Å². The van der Waals surface area contributed by atoms with E-state index in [-0.39, 0.29) is 10.6 Å². The molecule has 1 fully saturated rings. The fourth-order valence-corrected chi connectivity index (χ4v) is 1.97. The van der Waals surface area contributed by atoms with Gasteiger partial charge in [0.1, 0.15) is 11.4 Å². The molecule has 0 radical (unpaired) electrons. The fraction of sp³-hybridized carbons (Fsp3) is 0.308. The summed E-state index contributed by atoms with van der Waals surface area (Å²) in [5, 5.41) is 7.12. The highest BCUT2D eigenvalue weighted by Gasteiger charge is 2.46. The zero-order valence-electron chi connectivity index (χ0n) is 11.0. The van der Waals surface area contributed by atoms with Crippen LogP contribution in [0.1, 0.15) is 25.8 Å². The van der Waals surface area contributed by atoms with Gasteiger partial charge in [0.15, 0.2) is 0 Å². The first-order valence-corrected chi connectivity index (χ1v) is 6.41. The number of amides is 3. The van der Waals surface area contributed by atoms with Gasteiger partial charge >= 0.3 is 6.03 Å². The van der Waals surface area contributed by atoms with Crippen molar-refractivity contribution in [3.05, 3.63) is 34.6 Å². The number of hydrogen-bond acceptors (Lipinski definition) is 3. The molecular weight excluding hydrogens is 285 g/mol. The van der Waals surface area contributed by atoms with E-state index in [1.165, 1.54) is 18.2 Å². The van der Waals surface area contributed by atoms with Crippen molar-refractivity contribution in [2.45, 2.75) is 25.8 Å². The first-order chi connectivity index (χ1) is 9.39. The zero-order valence-corrected chi connectivity index (χ0v) is 11.7. The van der Waals surface area contributed by atoms with E-state index in [9.17, 15) is 14.0 Å². The van der Waals surface area contributed by atoms with E-state index in [1.807, 2.05) is 0 Å². The summed E-state index contributed by atoms with van der Waals surface area (Å²) in [7, 11) is 0. The third-order valence-electron chi connectivity index (χ3n) is 3.25. The highest BCUT2D eigenvalue weighted by molar-refractivity contribution is 6.33. The normalized spacial score (nSPS) is 22.7. The second-order valence-corrected chi connectivity index (χ2v) is 5.02. The molecule has 1 aromatic rings. The van der Waals surface area contributed by atoms with Crippen molar-refractivity contribution in [3.8, 4) is 0 Å². The average Bonchev–Trinajstić information content (AvgIpc) is 2.61. The molecule has 1 saturated heterocycles. The second-order valence-electron chi connectivity index (χ2n) is 4.61. The van der Waals surface area contributed by atoms with Gasteiger partial charge in [-0.3, -0.25) is 4.79 Å². The number of nitrogens with one attached hydrogen (secondary N) is 1. The maximum atomic E-state index is 13.6. The lowest BCUT2D eigenvalue weighted by Crippen LogP contribution is -2.42. The number of imide groups is 1. The molecule has 0 saturated carbocycles. The number of halogens is 2. The van der Waals surface area contributed by atoms with Crippen LogP contribution in [0.5, 0.6) is 0 Å². The van der Waals surface area contributed by atoms with Gasteiger partial charge in [-0.05, 0) is 25.5 Å². The number of carbonyl (C=O) groups is 2. The Morgan fingerprint density at radius 2 is 2.20 bits per heavy atom. The Balaban J connectivity index is 2.29. The van der Waals surface area contributed by atoms with Crippen molar-refractivity contribution in [1.29, 1.82) is 0 Å². The largest absolute Gasteiger partial charge is 0.346 e. The van der Waals surface area contributed by atoms with Gasteiger partial charge < -0.3 is 5.32 Å². The standard InChI is InChI=1S/C13H13ClFN3O2/c1-3-13(2)11(19)18(12(20)17-13)16-7-8-9(14)5-4-6-10(8)15/h4-7H,3H2,1-2H3,(H,17,20)/b16-7+. The molecule has 20 heavy (non-hydrogen) atoms. The van der Waals surface area contributed by atoms with E-state index < -0.39 is 23.3 Å². The predicted molar refractivity (Wildman–Crippen MR) is 73.1 cm³/mol. The molecule has 1 aromatic carbocycles. The van der Waals surface area contributed by atoms with Gasteiger partial charge in [-0.1, -0.05) is 24.6 Å². The highest BCUT2D eigenvalue weighted by Crippen LogP contribution is 2.22. The molecule has 1 atom stereocenters. The molecule has 0 aromatic heterocycles. The molecule has 2 rings (SSSR count). The minimum Gasteiger partial charge on any atom is -0.322 e. The number of hydrazone groups is 1. The summed E-state index contributed by atoms with van der Waals surface area (Å²) in [6, 6.07) is 3.53. The highest BCUT2D eigenvalue weighted by atomic mass is 35.5. The number of benzene rings is 1. The third-order valence-corrected chi connectivity index (χ3v) is 3.58. The van der Waals surface area contributed by atoms with Crippen LogP contribution in [0.4, 0.5) is 9.18 Å². The number of urea groups is 1.